The number of carbonyl (C=O) groups is 2. The van der Waals surface area contributed by atoms with Crippen LogP contribution in [0, 0.1) is 0 Å². The first-order chi connectivity index (χ1) is 8.10. The largest absolute Gasteiger partial charge is 0.459 e. The van der Waals surface area contributed by atoms with Crippen LogP contribution in [0.3, 0.4) is 0 Å². The maximum Gasteiger partial charge on any atom is 0.397 e. The maximum absolute atomic E-state index is 11.6. The van der Waals surface area contributed by atoms with Gasteiger partial charge in [-0.2, -0.15) is 0 Å². The molecule has 0 saturated heterocycles. The van der Waals surface area contributed by atoms with Crippen molar-refractivity contribution in [1.29, 1.82) is 0 Å². The molecule has 0 aliphatic heterocycles. The Labute approximate surface area is 101 Å². The van der Waals surface area contributed by atoms with Crippen molar-refractivity contribution in [2.24, 2.45) is 0 Å². The van der Waals surface area contributed by atoms with Gasteiger partial charge in [-0.05, 0) is 31.0 Å². The molecule has 0 heterocycles. The predicted octanol–water partition coefficient (Wildman–Crippen LogP) is 1.77. The molecule has 1 amide bonds. The molecule has 0 aliphatic rings. The van der Waals surface area contributed by atoms with E-state index in [1.807, 2.05) is 24.3 Å². The lowest BCUT2D eigenvalue weighted by molar-refractivity contribution is -0.153. The first kappa shape index (κ1) is 13.2. The number of ether oxygens (including phenoxy) is 1. The van der Waals surface area contributed by atoms with Gasteiger partial charge in [0.15, 0.2) is 0 Å². The van der Waals surface area contributed by atoms with Gasteiger partial charge in [-0.3, -0.25) is 4.79 Å². The van der Waals surface area contributed by atoms with E-state index in [0.717, 1.165) is 6.42 Å². The molecule has 1 aromatic carbocycles. The molecule has 17 heavy (non-hydrogen) atoms. The number of benzene rings is 1. The standard InChI is InChI=1S/C13H17NO3/c1-4-10-6-8-11(9-7-10)14(3)12(15)13(16)17-5-2/h6-9H,4-5H2,1-3H3. The predicted molar refractivity (Wildman–Crippen MR) is 65.9 cm³/mol. The van der Waals surface area contributed by atoms with Gasteiger partial charge in [-0.25, -0.2) is 4.79 Å². The first-order valence-electron chi connectivity index (χ1n) is 5.63. The third kappa shape index (κ3) is 3.31. The SMILES string of the molecule is CCOC(=O)C(=O)N(C)c1ccc(CC)cc1. The maximum atomic E-state index is 11.6. The molecular weight excluding hydrogens is 218 g/mol. The molecule has 0 unspecified atom stereocenters. The summed E-state index contributed by atoms with van der Waals surface area (Å²) in [6, 6.07) is 7.50. The topological polar surface area (TPSA) is 46.6 Å². The fourth-order valence-electron chi connectivity index (χ4n) is 1.40. The zero-order valence-electron chi connectivity index (χ0n) is 10.4. The second-order valence-electron chi connectivity index (χ2n) is 3.60. The molecule has 0 aliphatic carbocycles. The summed E-state index contributed by atoms with van der Waals surface area (Å²) in [5.74, 6) is -1.48. The van der Waals surface area contributed by atoms with Gasteiger partial charge < -0.3 is 9.64 Å². The van der Waals surface area contributed by atoms with Gasteiger partial charge in [0.1, 0.15) is 0 Å². The summed E-state index contributed by atoms with van der Waals surface area (Å²) in [7, 11) is 1.56. The highest BCUT2D eigenvalue weighted by Gasteiger charge is 2.20. The number of hydrogen-bond acceptors (Lipinski definition) is 3. The summed E-state index contributed by atoms with van der Waals surface area (Å²) in [5.41, 5.74) is 1.87. The van der Waals surface area contributed by atoms with E-state index in [1.54, 1.807) is 14.0 Å². The molecule has 0 N–H and O–H groups in total. The zero-order chi connectivity index (χ0) is 12.8. The smallest absolute Gasteiger partial charge is 0.397 e. The summed E-state index contributed by atoms with van der Waals surface area (Å²) in [6.45, 7) is 3.93. The molecule has 0 atom stereocenters. The zero-order valence-corrected chi connectivity index (χ0v) is 10.4. The average Bonchev–Trinajstić information content (AvgIpc) is 2.37. The fraction of sp³-hybridized carbons (Fsp3) is 0.385. The number of likely N-dealkylation sites (N-methyl/N-ethyl adjacent to an activating group) is 1. The molecule has 4 nitrogen and oxygen atoms in total. The van der Waals surface area contributed by atoms with Crippen molar-refractivity contribution in [3.8, 4) is 0 Å². The summed E-state index contributed by atoms with van der Waals surface area (Å²) in [6.07, 6.45) is 0.940. The molecule has 0 spiro atoms. The number of amides is 1. The number of anilines is 1. The Hall–Kier alpha value is -1.84. The van der Waals surface area contributed by atoms with E-state index in [1.165, 1.54) is 10.5 Å². The van der Waals surface area contributed by atoms with Crippen LogP contribution in [0.1, 0.15) is 19.4 Å². The Morgan fingerprint density at radius 1 is 1.18 bits per heavy atom. The first-order valence-corrected chi connectivity index (χ1v) is 5.63. The molecule has 1 rings (SSSR count). The minimum Gasteiger partial charge on any atom is -0.459 e. The Morgan fingerprint density at radius 2 is 1.76 bits per heavy atom. The summed E-state index contributed by atoms with van der Waals surface area (Å²) < 4.78 is 4.66. The van der Waals surface area contributed by atoms with Gasteiger partial charge in [0.05, 0.1) is 6.61 Å². The van der Waals surface area contributed by atoms with Crippen molar-refractivity contribution in [1.82, 2.24) is 0 Å². The van der Waals surface area contributed by atoms with Crippen molar-refractivity contribution in [3.63, 3.8) is 0 Å². The van der Waals surface area contributed by atoms with Gasteiger partial charge in [0.2, 0.25) is 0 Å². The van der Waals surface area contributed by atoms with E-state index < -0.39 is 11.9 Å². The third-order valence-corrected chi connectivity index (χ3v) is 2.49. The van der Waals surface area contributed by atoms with Crippen molar-refractivity contribution in [2.45, 2.75) is 20.3 Å². The van der Waals surface area contributed by atoms with Crippen LogP contribution in [0.4, 0.5) is 5.69 Å². The lowest BCUT2D eigenvalue weighted by Gasteiger charge is -2.16. The molecule has 0 aromatic heterocycles. The number of hydrogen-bond donors (Lipinski definition) is 0. The highest BCUT2D eigenvalue weighted by atomic mass is 16.5. The molecule has 1 aromatic rings. The Morgan fingerprint density at radius 3 is 2.24 bits per heavy atom. The average molecular weight is 235 g/mol. The monoisotopic (exact) mass is 235 g/mol. The third-order valence-electron chi connectivity index (χ3n) is 2.49. The normalized spacial score (nSPS) is 9.82. The van der Waals surface area contributed by atoms with Crippen molar-refractivity contribution >= 4 is 17.6 Å². The van der Waals surface area contributed by atoms with E-state index in [0.29, 0.717) is 5.69 Å². The molecule has 0 bridgehead atoms. The number of carbonyl (C=O) groups excluding carboxylic acids is 2. The lowest BCUT2D eigenvalue weighted by Crippen LogP contribution is -2.34. The quantitative estimate of drug-likeness (QED) is 0.592. The van der Waals surface area contributed by atoms with Gasteiger partial charge in [0.25, 0.3) is 0 Å². The van der Waals surface area contributed by atoms with Crippen molar-refractivity contribution in [2.75, 3.05) is 18.6 Å². The van der Waals surface area contributed by atoms with E-state index in [2.05, 4.69) is 11.7 Å². The molecule has 0 radical (unpaired) electrons. The van der Waals surface area contributed by atoms with Crippen LogP contribution < -0.4 is 4.90 Å². The number of esters is 1. The minimum atomic E-state index is -0.824. The van der Waals surface area contributed by atoms with Crippen LogP contribution >= 0.6 is 0 Å². The van der Waals surface area contributed by atoms with Gasteiger partial charge in [-0.1, -0.05) is 19.1 Å². The van der Waals surface area contributed by atoms with Crippen molar-refractivity contribution in [3.05, 3.63) is 29.8 Å². The highest BCUT2D eigenvalue weighted by Crippen LogP contribution is 2.14. The van der Waals surface area contributed by atoms with Crippen molar-refractivity contribution < 1.29 is 14.3 Å². The summed E-state index contributed by atoms with van der Waals surface area (Å²) in [5, 5.41) is 0. The van der Waals surface area contributed by atoms with Gasteiger partial charge in [0, 0.05) is 12.7 Å². The second-order valence-corrected chi connectivity index (χ2v) is 3.60. The summed E-state index contributed by atoms with van der Waals surface area (Å²) >= 11 is 0. The van der Waals surface area contributed by atoms with E-state index in [9.17, 15) is 9.59 Å². The minimum absolute atomic E-state index is 0.202. The van der Waals surface area contributed by atoms with E-state index in [4.69, 9.17) is 0 Å². The highest BCUT2D eigenvalue weighted by molar-refractivity contribution is 6.37. The Bertz CT molecular complexity index is 398. The molecule has 0 saturated carbocycles. The van der Waals surface area contributed by atoms with Gasteiger partial charge in [-0.15, -0.1) is 0 Å². The molecule has 0 fully saturated rings. The molecule has 92 valence electrons. The number of rotatable bonds is 3. The van der Waals surface area contributed by atoms with Crippen LogP contribution in [0.15, 0.2) is 24.3 Å². The second kappa shape index (κ2) is 6.03. The van der Waals surface area contributed by atoms with Crippen LogP contribution in [0.2, 0.25) is 0 Å². The lowest BCUT2D eigenvalue weighted by atomic mass is 10.1. The summed E-state index contributed by atoms with van der Waals surface area (Å²) in [4.78, 5) is 24.2. The number of aryl methyl sites for hydroxylation is 1. The fourth-order valence-corrected chi connectivity index (χ4v) is 1.40. The van der Waals surface area contributed by atoms with Crippen LogP contribution in [0.25, 0.3) is 0 Å². The molecular formula is C13H17NO3. The van der Waals surface area contributed by atoms with Crippen LogP contribution in [-0.2, 0) is 20.7 Å². The van der Waals surface area contributed by atoms with Gasteiger partial charge >= 0.3 is 11.9 Å². The van der Waals surface area contributed by atoms with E-state index >= 15 is 0 Å². The molecule has 4 heteroatoms. The Balaban J connectivity index is 2.77. The number of nitrogens with zero attached hydrogens (tertiary/aromatic N) is 1. The van der Waals surface area contributed by atoms with Crippen LogP contribution in [0.5, 0.6) is 0 Å². The van der Waals surface area contributed by atoms with Crippen LogP contribution in [-0.4, -0.2) is 25.5 Å². The Kier molecular flexibility index (Phi) is 4.69. The van der Waals surface area contributed by atoms with E-state index in [-0.39, 0.29) is 6.61 Å².